The number of nitrogens with one attached hydrogen (secondary N) is 1. The lowest BCUT2D eigenvalue weighted by atomic mass is 10.1. The normalized spacial score (nSPS) is 11.5. The Bertz CT molecular complexity index is 1300. The summed E-state index contributed by atoms with van der Waals surface area (Å²) in [6.45, 7) is -0.130. The quantitative estimate of drug-likeness (QED) is 0.477. The molecule has 0 bridgehead atoms. The van der Waals surface area contributed by atoms with E-state index < -0.39 is 11.7 Å². The van der Waals surface area contributed by atoms with Crippen molar-refractivity contribution in [1.29, 1.82) is 0 Å². The van der Waals surface area contributed by atoms with Gasteiger partial charge < -0.3 is 14.5 Å². The van der Waals surface area contributed by atoms with E-state index in [9.17, 15) is 18.0 Å². The minimum atomic E-state index is -4.44. The van der Waals surface area contributed by atoms with Crippen LogP contribution in [0.3, 0.4) is 0 Å². The smallest absolute Gasteiger partial charge is 0.416 e. The van der Waals surface area contributed by atoms with Gasteiger partial charge in [0.25, 0.3) is 5.56 Å². The van der Waals surface area contributed by atoms with Crippen molar-refractivity contribution in [2.45, 2.75) is 12.8 Å². The van der Waals surface area contributed by atoms with E-state index >= 15 is 0 Å². The van der Waals surface area contributed by atoms with Crippen LogP contribution in [0.4, 0.5) is 13.2 Å². The summed E-state index contributed by atoms with van der Waals surface area (Å²) in [6, 6.07) is 16.9. The number of hydrogen-bond donors (Lipinski definition) is 1. The summed E-state index contributed by atoms with van der Waals surface area (Å²) >= 11 is 0. The predicted octanol–water partition coefficient (Wildman–Crippen LogP) is 5.20. The average molecular weight is 426 g/mol. The van der Waals surface area contributed by atoms with Gasteiger partial charge >= 0.3 is 6.18 Å². The van der Waals surface area contributed by atoms with Gasteiger partial charge in [0.05, 0.1) is 29.1 Å². The van der Waals surface area contributed by atoms with E-state index in [4.69, 9.17) is 9.47 Å². The number of ether oxygens (including phenoxy) is 2. The van der Waals surface area contributed by atoms with E-state index in [0.29, 0.717) is 27.8 Å². The molecule has 1 N–H and O–H groups in total. The maximum absolute atomic E-state index is 13.0. The molecule has 0 unspecified atom stereocenters. The molecule has 31 heavy (non-hydrogen) atoms. The van der Waals surface area contributed by atoms with Crippen molar-refractivity contribution in [1.82, 2.24) is 9.97 Å². The second-order valence-corrected chi connectivity index (χ2v) is 6.76. The highest BCUT2D eigenvalue weighted by atomic mass is 19.4. The lowest BCUT2D eigenvalue weighted by Crippen LogP contribution is -2.10. The van der Waals surface area contributed by atoms with Gasteiger partial charge in [-0.1, -0.05) is 30.3 Å². The summed E-state index contributed by atoms with van der Waals surface area (Å²) in [6.07, 6.45) is -4.44. The maximum Gasteiger partial charge on any atom is 0.416 e. The van der Waals surface area contributed by atoms with Gasteiger partial charge in [-0.3, -0.25) is 4.79 Å². The van der Waals surface area contributed by atoms with Crippen molar-refractivity contribution in [3.05, 3.63) is 88.2 Å². The number of rotatable bonds is 5. The zero-order valence-corrected chi connectivity index (χ0v) is 16.4. The number of halogens is 3. The Kier molecular flexibility index (Phi) is 5.37. The van der Waals surface area contributed by atoms with Gasteiger partial charge in [0.2, 0.25) is 0 Å². The summed E-state index contributed by atoms with van der Waals surface area (Å²) in [4.78, 5) is 19.7. The van der Waals surface area contributed by atoms with Gasteiger partial charge in [0.1, 0.15) is 12.4 Å². The number of fused-ring (bicyclic) bond motifs is 1. The Morgan fingerprint density at radius 1 is 1.00 bits per heavy atom. The molecule has 3 aromatic carbocycles. The average Bonchev–Trinajstić information content (AvgIpc) is 2.77. The van der Waals surface area contributed by atoms with Crippen molar-refractivity contribution in [2.75, 3.05) is 7.11 Å². The number of nitrogens with zero attached hydrogens (tertiary/aromatic N) is 1. The van der Waals surface area contributed by atoms with Gasteiger partial charge in [-0.25, -0.2) is 4.98 Å². The van der Waals surface area contributed by atoms with Crippen LogP contribution in [0.5, 0.6) is 11.5 Å². The first-order valence-electron chi connectivity index (χ1n) is 9.32. The highest BCUT2D eigenvalue weighted by molar-refractivity contribution is 5.80. The molecule has 0 spiro atoms. The molecule has 0 saturated carbocycles. The monoisotopic (exact) mass is 426 g/mol. The second-order valence-electron chi connectivity index (χ2n) is 6.76. The highest BCUT2D eigenvalue weighted by Crippen LogP contribution is 2.37. The molecule has 0 amide bonds. The zero-order valence-electron chi connectivity index (χ0n) is 16.4. The Balaban J connectivity index is 1.73. The Hall–Kier alpha value is -3.81. The molecule has 1 heterocycles. The molecular weight excluding hydrogens is 409 g/mol. The first-order chi connectivity index (χ1) is 14.9. The van der Waals surface area contributed by atoms with Crippen molar-refractivity contribution >= 4 is 10.9 Å². The molecule has 0 atom stereocenters. The highest BCUT2D eigenvalue weighted by Gasteiger charge is 2.30. The third kappa shape index (κ3) is 4.23. The molecule has 4 aromatic rings. The standard InChI is InChI=1S/C23H17F3N2O3/c1-30-19-11-5-9-17(21-27-18-10-3-2-8-16(18)22(29)28-21)20(19)31-13-14-6-4-7-15(12-14)23(24,25)26/h2-12H,13H2,1H3,(H,27,28,29). The molecule has 5 nitrogen and oxygen atoms in total. The number of para-hydroxylation sites is 2. The van der Waals surface area contributed by atoms with Crippen molar-refractivity contribution in [3.8, 4) is 22.9 Å². The van der Waals surface area contributed by atoms with Crippen LogP contribution in [0, 0.1) is 0 Å². The molecule has 0 radical (unpaired) electrons. The van der Waals surface area contributed by atoms with E-state index in [1.54, 1.807) is 48.5 Å². The van der Waals surface area contributed by atoms with Crippen molar-refractivity contribution in [2.24, 2.45) is 0 Å². The van der Waals surface area contributed by atoms with Crippen LogP contribution in [0.15, 0.2) is 71.5 Å². The van der Waals surface area contributed by atoms with Crippen LogP contribution >= 0.6 is 0 Å². The van der Waals surface area contributed by atoms with Gasteiger partial charge in [-0.2, -0.15) is 13.2 Å². The van der Waals surface area contributed by atoms with E-state index in [1.807, 2.05) is 0 Å². The van der Waals surface area contributed by atoms with Crippen LogP contribution in [0.2, 0.25) is 0 Å². The number of methoxy groups -OCH3 is 1. The fourth-order valence-electron chi connectivity index (χ4n) is 3.22. The fourth-order valence-corrected chi connectivity index (χ4v) is 3.22. The third-order valence-electron chi connectivity index (χ3n) is 4.70. The first-order valence-corrected chi connectivity index (χ1v) is 9.32. The molecule has 0 aliphatic rings. The van der Waals surface area contributed by atoms with E-state index in [-0.39, 0.29) is 23.7 Å². The fraction of sp³-hybridized carbons (Fsp3) is 0.130. The predicted molar refractivity (Wildman–Crippen MR) is 110 cm³/mol. The van der Waals surface area contributed by atoms with Crippen LogP contribution in [0.1, 0.15) is 11.1 Å². The van der Waals surface area contributed by atoms with Crippen LogP contribution < -0.4 is 15.0 Å². The molecule has 0 saturated heterocycles. The molecule has 1 aromatic heterocycles. The Labute approximate surface area is 175 Å². The largest absolute Gasteiger partial charge is 0.493 e. The topological polar surface area (TPSA) is 64.2 Å². The lowest BCUT2D eigenvalue weighted by molar-refractivity contribution is -0.137. The number of hydrogen-bond acceptors (Lipinski definition) is 4. The van der Waals surface area contributed by atoms with Gasteiger partial charge in [-0.15, -0.1) is 0 Å². The number of aromatic nitrogens is 2. The number of aromatic amines is 1. The summed E-state index contributed by atoms with van der Waals surface area (Å²) in [5.74, 6) is 0.891. The molecule has 4 rings (SSSR count). The van der Waals surface area contributed by atoms with E-state index in [1.165, 1.54) is 13.2 Å². The van der Waals surface area contributed by atoms with Crippen molar-refractivity contribution < 1.29 is 22.6 Å². The molecule has 0 fully saturated rings. The third-order valence-corrected chi connectivity index (χ3v) is 4.70. The summed E-state index contributed by atoms with van der Waals surface area (Å²) in [5.41, 5.74) is 0.232. The Morgan fingerprint density at radius 2 is 1.77 bits per heavy atom. The van der Waals surface area contributed by atoms with Gasteiger partial charge in [-0.05, 0) is 42.0 Å². The van der Waals surface area contributed by atoms with Crippen LogP contribution in [-0.4, -0.2) is 17.1 Å². The SMILES string of the molecule is COc1cccc(-c2nc3ccccc3c(=O)[nH]2)c1OCc1cccc(C(F)(F)F)c1. The minimum absolute atomic E-state index is 0.130. The molecule has 8 heteroatoms. The van der Waals surface area contributed by atoms with E-state index in [2.05, 4.69) is 9.97 Å². The maximum atomic E-state index is 13.0. The van der Waals surface area contributed by atoms with Gasteiger partial charge in [0.15, 0.2) is 11.5 Å². The molecule has 0 aliphatic heterocycles. The minimum Gasteiger partial charge on any atom is -0.493 e. The van der Waals surface area contributed by atoms with E-state index in [0.717, 1.165) is 12.1 Å². The van der Waals surface area contributed by atoms with Gasteiger partial charge in [0, 0.05) is 0 Å². The first kappa shape index (κ1) is 20.5. The summed E-state index contributed by atoms with van der Waals surface area (Å²) in [7, 11) is 1.45. The zero-order chi connectivity index (χ0) is 22.0. The second kappa shape index (κ2) is 8.14. The molecule has 0 aliphatic carbocycles. The summed E-state index contributed by atoms with van der Waals surface area (Å²) in [5, 5.41) is 0.445. The molecule has 158 valence electrons. The number of alkyl halides is 3. The van der Waals surface area contributed by atoms with Crippen LogP contribution in [0.25, 0.3) is 22.3 Å². The van der Waals surface area contributed by atoms with Crippen molar-refractivity contribution in [3.63, 3.8) is 0 Å². The molecular formula is C23H17F3N2O3. The number of H-pyrrole nitrogens is 1. The Morgan fingerprint density at radius 3 is 2.55 bits per heavy atom. The number of benzene rings is 3. The van der Waals surface area contributed by atoms with Crippen LogP contribution in [-0.2, 0) is 12.8 Å². The lowest BCUT2D eigenvalue weighted by Gasteiger charge is -2.15. The summed E-state index contributed by atoms with van der Waals surface area (Å²) < 4.78 is 50.2.